The maximum Gasteiger partial charge on any atom is 0.342 e. The van der Waals surface area contributed by atoms with Crippen LogP contribution in [0, 0.1) is 0 Å². The number of phenols is 1. The Bertz CT molecular complexity index is 986. The summed E-state index contributed by atoms with van der Waals surface area (Å²) in [5, 5.41) is 12.6. The van der Waals surface area contributed by atoms with Gasteiger partial charge in [0.1, 0.15) is 17.1 Å². The van der Waals surface area contributed by atoms with Gasteiger partial charge in [0.2, 0.25) is 0 Å². The number of hydrogen-bond acceptors (Lipinski definition) is 6. The molecule has 0 aliphatic rings. The molecule has 3 rings (SSSR count). The summed E-state index contributed by atoms with van der Waals surface area (Å²) in [5.74, 6) is -0.220. The molecule has 0 bridgehead atoms. The standard InChI is InChI=1S/C22H19NO6/c1-27-19-9-5-8-18(21(19)25)22(26)28-14-20(24)23-15-10-12-17(13-11-15)29-16-6-3-2-4-7-16/h2-13,25H,14H2,1H3,(H,23,24). The van der Waals surface area contributed by atoms with Gasteiger partial charge >= 0.3 is 5.97 Å². The molecule has 0 fully saturated rings. The zero-order valence-electron chi connectivity index (χ0n) is 15.6. The number of hydrogen-bond donors (Lipinski definition) is 2. The number of nitrogens with one attached hydrogen (secondary N) is 1. The number of ether oxygens (including phenoxy) is 3. The molecule has 0 radical (unpaired) electrons. The average molecular weight is 393 g/mol. The van der Waals surface area contributed by atoms with E-state index in [1.807, 2.05) is 30.3 Å². The third-order valence-corrected chi connectivity index (χ3v) is 3.89. The summed E-state index contributed by atoms with van der Waals surface area (Å²) in [6.45, 7) is -0.502. The molecule has 0 spiro atoms. The number of carbonyl (C=O) groups excluding carboxylic acids is 2. The Hall–Kier alpha value is -4.00. The number of phenolic OH excluding ortho intramolecular Hbond substituents is 1. The second-order valence-electron chi connectivity index (χ2n) is 5.92. The highest BCUT2D eigenvalue weighted by atomic mass is 16.5. The van der Waals surface area contributed by atoms with Crippen molar-refractivity contribution >= 4 is 17.6 Å². The minimum Gasteiger partial charge on any atom is -0.504 e. The lowest BCUT2D eigenvalue weighted by Crippen LogP contribution is -2.21. The monoisotopic (exact) mass is 393 g/mol. The van der Waals surface area contributed by atoms with Crippen LogP contribution >= 0.6 is 0 Å². The SMILES string of the molecule is COc1cccc(C(=O)OCC(=O)Nc2ccc(Oc3ccccc3)cc2)c1O. The Labute approximate surface area is 167 Å². The molecule has 148 valence electrons. The average Bonchev–Trinajstić information content (AvgIpc) is 2.74. The highest BCUT2D eigenvalue weighted by Crippen LogP contribution is 2.29. The van der Waals surface area contributed by atoms with E-state index in [1.165, 1.54) is 25.3 Å². The molecule has 0 saturated carbocycles. The van der Waals surface area contributed by atoms with Crippen LogP contribution in [0.2, 0.25) is 0 Å². The maximum atomic E-state index is 12.1. The van der Waals surface area contributed by atoms with Gasteiger partial charge in [0, 0.05) is 5.69 Å². The van der Waals surface area contributed by atoms with Crippen LogP contribution in [0.4, 0.5) is 5.69 Å². The molecule has 0 saturated heterocycles. The Balaban J connectivity index is 1.52. The van der Waals surface area contributed by atoms with Crippen molar-refractivity contribution in [1.82, 2.24) is 0 Å². The molecular formula is C22H19NO6. The third kappa shape index (κ3) is 5.26. The van der Waals surface area contributed by atoms with Crippen LogP contribution in [0.15, 0.2) is 72.8 Å². The Kier molecular flexibility index (Phi) is 6.32. The van der Waals surface area contributed by atoms with Gasteiger partial charge in [0.25, 0.3) is 5.91 Å². The van der Waals surface area contributed by atoms with Gasteiger partial charge in [-0.3, -0.25) is 4.79 Å². The number of methoxy groups -OCH3 is 1. The van der Waals surface area contributed by atoms with Gasteiger partial charge in [0.15, 0.2) is 18.1 Å². The molecule has 1 amide bonds. The third-order valence-electron chi connectivity index (χ3n) is 3.89. The molecule has 7 nitrogen and oxygen atoms in total. The Morgan fingerprint density at radius 3 is 2.28 bits per heavy atom. The van der Waals surface area contributed by atoms with E-state index in [4.69, 9.17) is 14.2 Å². The van der Waals surface area contributed by atoms with E-state index in [0.717, 1.165) is 0 Å². The van der Waals surface area contributed by atoms with E-state index >= 15 is 0 Å². The van der Waals surface area contributed by atoms with E-state index in [-0.39, 0.29) is 17.1 Å². The fraction of sp³-hybridized carbons (Fsp3) is 0.0909. The minimum atomic E-state index is -0.830. The largest absolute Gasteiger partial charge is 0.504 e. The zero-order valence-corrected chi connectivity index (χ0v) is 15.6. The van der Waals surface area contributed by atoms with Gasteiger partial charge in [0.05, 0.1) is 7.11 Å². The second kappa shape index (κ2) is 9.27. The van der Waals surface area contributed by atoms with E-state index in [1.54, 1.807) is 24.3 Å². The number of anilines is 1. The first-order valence-electron chi connectivity index (χ1n) is 8.72. The van der Waals surface area contributed by atoms with E-state index in [9.17, 15) is 14.7 Å². The van der Waals surface area contributed by atoms with E-state index < -0.39 is 18.5 Å². The van der Waals surface area contributed by atoms with Gasteiger partial charge in [-0.15, -0.1) is 0 Å². The molecule has 0 aliphatic carbocycles. The normalized spacial score (nSPS) is 10.1. The van der Waals surface area contributed by atoms with Gasteiger partial charge in [-0.1, -0.05) is 24.3 Å². The predicted molar refractivity (Wildman–Crippen MR) is 107 cm³/mol. The van der Waals surface area contributed by atoms with Gasteiger partial charge in [-0.25, -0.2) is 4.79 Å². The van der Waals surface area contributed by atoms with Crippen molar-refractivity contribution in [2.75, 3.05) is 19.0 Å². The fourth-order valence-corrected chi connectivity index (χ4v) is 2.49. The van der Waals surface area contributed by atoms with Crippen LogP contribution in [0.5, 0.6) is 23.0 Å². The van der Waals surface area contributed by atoms with Crippen LogP contribution in [0.25, 0.3) is 0 Å². The molecule has 0 unspecified atom stereocenters. The first-order valence-corrected chi connectivity index (χ1v) is 8.72. The van der Waals surface area contributed by atoms with Crippen LogP contribution < -0.4 is 14.8 Å². The molecule has 0 atom stereocenters. The zero-order chi connectivity index (χ0) is 20.6. The first kappa shape index (κ1) is 19.8. The van der Waals surface area contributed by atoms with Crippen molar-refractivity contribution in [3.8, 4) is 23.0 Å². The summed E-state index contributed by atoms with van der Waals surface area (Å²) in [6.07, 6.45) is 0. The van der Waals surface area contributed by atoms with Gasteiger partial charge in [-0.05, 0) is 48.5 Å². The summed E-state index contributed by atoms with van der Waals surface area (Å²) in [5.41, 5.74) is 0.440. The number of aromatic hydroxyl groups is 1. The quantitative estimate of drug-likeness (QED) is 0.590. The highest BCUT2D eigenvalue weighted by Gasteiger charge is 2.17. The molecule has 0 aromatic heterocycles. The lowest BCUT2D eigenvalue weighted by molar-refractivity contribution is -0.119. The van der Waals surface area contributed by atoms with Gasteiger partial charge < -0.3 is 24.6 Å². The van der Waals surface area contributed by atoms with Crippen LogP contribution in [0.3, 0.4) is 0 Å². The van der Waals surface area contributed by atoms with Crippen LogP contribution in [-0.4, -0.2) is 30.7 Å². The molecule has 0 heterocycles. The molecule has 2 N–H and O–H groups in total. The topological polar surface area (TPSA) is 94.1 Å². The lowest BCUT2D eigenvalue weighted by atomic mass is 10.2. The predicted octanol–water partition coefficient (Wildman–Crippen LogP) is 3.99. The summed E-state index contributed by atoms with van der Waals surface area (Å²) in [7, 11) is 1.37. The van der Waals surface area contributed by atoms with Crippen LogP contribution in [0.1, 0.15) is 10.4 Å². The number of rotatable bonds is 7. The molecule has 0 aliphatic heterocycles. The van der Waals surface area contributed by atoms with Gasteiger partial charge in [-0.2, -0.15) is 0 Å². The molecule has 29 heavy (non-hydrogen) atoms. The number of benzene rings is 3. The van der Waals surface area contributed by atoms with Crippen molar-refractivity contribution in [1.29, 1.82) is 0 Å². The highest BCUT2D eigenvalue weighted by molar-refractivity contribution is 5.97. The Morgan fingerprint density at radius 1 is 0.897 bits per heavy atom. The first-order chi connectivity index (χ1) is 14.1. The molecule has 3 aromatic carbocycles. The molecular weight excluding hydrogens is 374 g/mol. The summed E-state index contributed by atoms with van der Waals surface area (Å²) in [4.78, 5) is 24.1. The summed E-state index contributed by atoms with van der Waals surface area (Å²) < 4.78 is 15.6. The summed E-state index contributed by atoms with van der Waals surface area (Å²) in [6, 6.07) is 20.5. The van der Waals surface area contributed by atoms with Crippen molar-refractivity contribution in [2.24, 2.45) is 0 Å². The van der Waals surface area contributed by atoms with Crippen molar-refractivity contribution in [3.05, 3.63) is 78.4 Å². The van der Waals surface area contributed by atoms with E-state index in [2.05, 4.69) is 5.32 Å². The van der Waals surface area contributed by atoms with Crippen molar-refractivity contribution in [2.45, 2.75) is 0 Å². The number of amides is 1. The molecule has 7 heteroatoms. The molecule has 3 aromatic rings. The second-order valence-corrected chi connectivity index (χ2v) is 5.92. The number of carbonyl (C=O) groups is 2. The Morgan fingerprint density at radius 2 is 1.59 bits per heavy atom. The minimum absolute atomic E-state index is 0.0837. The summed E-state index contributed by atoms with van der Waals surface area (Å²) >= 11 is 0. The number of para-hydroxylation sites is 2. The number of esters is 1. The van der Waals surface area contributed by atoms with Crippen molar-refractivity contribution < 1.29 is 28.9 Å². The van der Waals surface area contributed by atoms with Crippen molar-refractivity contribution in [3.63, 3.8) is 0 Å². The van der Waals surface area contributed by atoms with E-state index in [0.29, 0.717) is 17.2 Å². The lowest BCUT2D eigenvalue weighted by Gasteiger charge is -2.10. The van der Waals surface area contributed by atoms with Crippen LogP contribution in [-0.2, 0) is 9.53 Å². The fourth-order valence-electron chi connectivity index (χ4n) is 2.49. The maximum absolute atomic E-state index is 12.1. The smallest absolute Gasteiger partial charge is 0.342 e.